The maximum Gasteiger partial charge on any atom is 0.381 e. The van der Waals surface area contributed by atoms with E-state index in [2.05, 4.69) is 30.0 Å². The van der Waals surface area contributed by atoms with Crippen molar-refractivity contribution in [2.75, 3.05) is 12.1 Å². The number of carbonyl (C=O) groups is 1. The summed E-state index contributed by atoms with van der Waals surface area (Å²) >= 11 is 0. The lowest BCUT2D eigenvalue weighted by Gasteiger charge is -2.24. The zero-order chi connectivity index (χ0) is 24.9. The third-order valence-corrected chi connectivity index (χ3v) is 6.74. The van der Waals surface area contributed by atoms with Gasteiger partial charge in [-0.15, -0.1) is 0 Å². The van der Waals surface area contributed by atoms with Gasteiger partial charge >= 0.3 is 5.97 Å². The monoisotopic (exact) mass is 475 g/mol. The number of benzene rings is 1. The van der Waals surface area contributed by atoms with E-state index < -0.39 is 5.97 Å². The number of fused-ring (bicyclic) bond motifs is 2. The number of esters is 1. The molecule has 35 heavy (non-hydrogen) atoms. The first-order valence-electron chi connectivity index (χ1n) is 11.7. The predicted molar refractivity (Wildman–Crippen MR) is 132 cm³/mol. The number of aryl methyl sites for hydroxylation is 2. The summed E-state index contributed by atoms with van der Waals surface area (Å²) in [7, 11) is 1.83. The Labute approximate surface area is 204 Å². The fraction of sp³-hybridized carbons (Fsp3) is 0.370. The number of carbonyl (C=O) groups excluding carboxylic acids is 1. The summed E-state index contributed by atoms with van der Waals surface area (Å²) in [5.41, 5.74) is 5.97. The van der Waals surface area contributed by atoms with Crippen molar-refractivity contribution in [1.82, 2.24) is 4.98 Å². The molecule has 0 amide bonds. The largest absolute Gasteiger partial charge is 0.426 e. The second kappa shape index (κ2) is 8.53. The van der Waals surface area contributed by atoms with Gasteiger partial charge < -0.3 is 18.6 Å². The molecule has 0 fully saturated rings. The van der Waals surface area contributed by atoms with Gasteiger partial charge in [0.15, 0.2) is 5.82 Å². The fourth-order valence-corrected chi connectivity index (χ4v) is 4.60. The Morgan fingerprint density at radius 1 is 1.17 bits per heavy atom. The number of hydrogen-bond acceptors (Lipinski definition) is 8. The van der Waals surface area contributed by atoms with E-state index >= 15 is 0 Å². The van der Waals surface area contributed by atoms with Crippen molar-refractivity contribution in [1.29, 1.82) is 0 Å². The average molecular weight is 476 g/mol. The van der Waals surface area contributed by atoms with Crippen molar-refractivity contribution in [3.63, 3.8) is 0 Å². The molecule has 0 aliphatic carbocycles. The summed E-state index contributed by atoms with van der Waals surface area (Å²) in [5, 5.41) is 6.13. The highest BCUT2D eigenvalue weighted by atomic mass is 16.6. The van der Waals surface area contributed by atoms with E-state index in [0.29, 0.717) is 18.2 Å². The van der Waals surface area contributed by atoms with Crippen LogP contribution in [-0.2, 0) is 23.4 Å². The van der Waals surface area contributed by atoms with Crippen LogP contribution in [0.15, 0.2) is 39.9 Å². The number of rotatable bonds is 5. The van der Waals surface area contributed by atoms with Gasteiger partial charge in [0, 0.05) is 36.9 Å². The van der Waals surface area contributed by atoms with Crippen LogP contribution in [0.2, 0.25) is 0 Å². The molecule has 4 heterocycles. The lowest BCUT2D eigenvalue weighted by atomic mass is 9.90. The number of furan rings is 1. The number of ether oxygens (including phenoxy) is 3. The standard InChI is InChI=1S/C27H29N3O5/c1-7-27(5)20-13-22(16(3)10-18(20)14-32-27)34-24-9-8-21(33-24)26(31)35-23-11-15(2)19-12-17(4)29-30(6)25(19)28-23/h8-11,13H,7,12,14H2,1-6H3. The molecule has 3 aromatic rings. The summed E-state index contributed by atoms with van der Waals surface area (Å²) in [6.07, 6.45) is 1.58. The first-order chi connectivity index (χ1) is 16.7. The van der Waals surface area contributed by atoms with Crippen LogP contribution in [0.1, 0.15) is 65.6 Å². The molecule has 182 valence electrons. The van der Waals surface area contributed by atoms with Gasteiger partial charge in [-0.25, -0.2) is 4.79 Å². The SMILES string of the molecule is CCC1(C)OCc2cc(C)c(Oc3ccc(C(=O)Oc4cc(C)c5c(n4)N(C)N=C(C)C5)o3)cc21. The minimum atomic E-state index is -0.650. The van der Waals surface area contributed by atoms with Crippen LogP contribution in [-0.4, -0.2) is 23.7 Å². The molecule has 0 spiro atoms. The molecule has 2 aliphatic rings. The molecular weight excluding hydrogens is 446 g/mol. The van der Waals surface area contributed by atoms with E-state index in [1.54, 1.807) is 17.1 Å². The third-order valence-electron chi connectivity index (χ3n) is 6.74. The molecule has 0 bridgehead atoms. The van der Waals surface area contributed by atoms with Gasteiger partial charge in [-0.2, -0.15) is 10.1 Å². The van der Waals surface area contributed by atoms with Crippen molar-refractivity contribution >= 4 is 17.5 Å². The van der Waals surface area contributed by atoms with Gasteiger partial charge in [0.1, 0.15) is 5.75 Å². The molecule has 1 aromatic carbocycles. The van der Waals surface area contributed by atoms with Crippen LogP contribution in [0, 0.1) is 13.8 Å². The van der Waals surface area contributed by atoms with Gasteiger partial charge in [-0.05, 0) is 74.6 Å². The number of aromatic nitrogens is 1. The molecule has 0 radical (unpaired) electrons. The molecular formula is C27H29N3O5. The van der Waals surface area contributed by atoms with Gasteiger partial charge in [0.05, 0.1) is 12.2 Å². The molecule has 2 aromatic heterocycles. The van der Waals surface area contributed by atoms with Crippen LogP contribution in [0.4, 0.5) is 5.82 Å². The molecule has 1 unspecified atom stereocenters. The van der Waals surface area contributed by atoms with Crippen LogP contribution in [0.5, 0.6) is 17.6 Å². The first kappa shape index (κ1) is 23.1. The zero-order valence-corrected chi connectivity index (χ0v) is 20.9. The summed E-state index contributed by atoms with van der Waals surface area (Å²) in [6.45, 7) is 10.7. The summed E-state index contributed by atoms with van der Waals surface area (Å²) in [6, 6.07) is 8.98. The molecule has 2 aliphatic heterocycles. The molecule has 5 rings (SSSR count). The molecule has 0 N–H and O–H groups in total. The summed E-state index contributed by atoms with van der Waals surface area (Å²) in [4.78, 5) is 17.3. The quantitative estimate of drug-likeness (QED) is 0.429. The number of hydrogen-bond donors (Lipinski definition) is 0. The van der Waals surface area contributed by atoms with Crippen molar-refractivity contribution < 1.29 is 23.4 Å². The Morgan fingerprint density at radius 3 is 2.74 bits per heavy atom. The maximum atomic E-state index is 12.8. The van der Waals surface area contributed by atoms with E-state index in [4.69, 9.17) is 18.6 Å². The minimum Gasteiger partial charge on any atom is -0.426 e. The van der Waals surface area contributed by atoms with Crippen LogP contribution >= 0.6 is 0 Å². The van der Waals surface area contributed by atoms with Crippen molar-refractivity contribution in [2.24, 2.45) is 5.10 Å². The molecule has 8 heteroatoms. The van der Waals surface area contributed by atoms with E-state index in [0.717, 1.165) is 40.8 Å². The molecule has 1 atom stereocenters. The van der Waals surface area contributed by atoms with Crippen molar-refractivity contribution in [3.05, 3.63) is 63.9 Å². The lowest BCUT2D eigenvalue weighted by molar-refractivity contribution is -0.0260. The number of pyridine rings is 1. The molecule has 0 saturated carbocycles. The van der Waals surface area contributed by atoms with Gasteiger partial charge in [-0.1, -0.05) is 6.92 Å². The Morgan fingerprint density at radius 2 is 1.97 bits per heavy atom. The highest BCUT2D eigenvalue weighted by Crippen LogP contribution is 2.42. The second-order valence-electron chi connectivity index (χ2n) is 9.37. The van der Waals surface area contributed by atoms with Gasteiger partial charge in [0.25, 0.3) is 5.95 Å². The fourth-order valence-electron chi connectivity index (χ4n) is 4.60. The van der Waals surface area contributed by atoms with E-state index in [-0.39, 0.29) is 23.2 Å². The zero-order valence-electron chi connectivity index (χ0n) is 20.9. The third kappa shape index (κ3) is 4.18. The molecule has 8 nitrogen and oxygen atoms in total. The predicted octanol–water partition coefficient (Wildman–Crippen LogP) is 5.83. The van der Waals surface area contributed by atoms with Crippen LogP contribution in [0.25, 0.3) is 0 Å². The minimum absolute atomic E-state index is 0.0277. The Balaban J connectivity index is 1.33. The van der Waals surface area contributed by atoms with E-state index in [1.165, 1.54) is 11.6 Å². The lowest BCUT2D eigenvalue weighted by Crippen LogP contribution is -2.23. The van der Waals surface area contributed by atoms with Crippen molar-refractivity contribution in [3.8, 4) is 17.6 Å². The van der Waals surface area contributed by atoms with Crippen LogP contribution in [0.3, 0.4) is 0 Å². The summed E-state index contributed by atoms with van der Waals surface area (Å²) in [5.74, 6) is 1.12. The maximum absolute atomic E-state index is 12.8. The topological polar surface area (TPSA) is 86.4 Å². The van der Waals surface area contributed by atoms with Crippen molar-refractivity contribution in [2.45, 2.75) is 59.7 Å². The Bertz CT molecular complexity index is 1360. The second-order valence-corrected chi connectivity index (χ2v) is 9.37. The number of nitrogens with zero attached hydrogens (tertiary/aromatic N) is 3. The first-order valence-corrected chi connectivity index (χ1v) is 11.7. The summed E-state index contributed by atoms with van der Waals surface area (Å²) < 4.78 is 23.2. The number of anilines is 1. The Hall–Kier alpha value is -3.65. The number of hydrazone groups is 1. The van der Waals surface area contributed by atoms with E-state index in [9.17, 15) is 4.79 Å². The Kier molecular flexibility index (Phi) is 5.63. The smallest absolute Gasteiger partial charge is 0.381 e. The van der Waals surface area contributed by atoms with E-state index in [1.807, 2.05) is 33.9 Å². The normalized spacial score (nSPS) is 18.7. The van der Waals surface area contributed by atoms with Gasteiger partial charge in [-0.3, -0.25) is 5.01 Å². The molecule has 0 saturated heterocycles. The highest BCUT2D eigenvalue weighted by molar-refractivity contribution is 5.90. The van der Waals surface area contributed by atoms with Crippen LogP contribution < -0.4 is 14.5 Å². The average Bonchev–Trinajstić information content (AvgIpc) is 3.40. The highest BCUT2D eigenvalue weighted by Gasteiger charge is 2.35. The van der Waals surface area contributed by atoms with Gasteiger partial charge in [0.2, 0.25) is 11.6 Å².